The number of allylic oxidation sites excluding steroid dienone is 1. The maximum absolute atomic E-state index is 14.8. The number of nitrogens with zero attached hydrogens (tertiary/aromatic N) is 3. The third-order valence-corrected chi connectivity index (χ3v) is 13.0. The second-order valence-electron chi connectivity index (χ2n) is 17.3. The van der Waals surface area contributed by atoms with Crippen LogP contribution in [0.4, 0.5) is 10.1 Å². The highest BCUT2D eigenvalue weighted by Crippen LogP contribution is 2.62. The first-order valence-electron chi connectivity index (χ1n) is 22.4. The molecule has 12 nitrogen and oxygen atoms in total. The van der Waals surface area contributed by atoms with Crippen molar-refractivity contribution in [2.45, 2.75) is 88.7 Å². The number of aliphatic hydroxyl groups excluding tert-OH is 2. The zero-order valence-corrected chi connectivity index (χ0v) is 35.9. The molecular weight excluding hydrogens is 818 g/mol. The maximum atomic E-state index is 14.8. The van der Waals surface area contributed by atoms with Gasteiger partial charge in [-0.15, -0.1) is 6.58 Å². The van der Waals surface area contributed by atoms with Crippen molar-refractivity contribution in [3.8, 4) is 17.2 Å². The van der Waals surface area contributed by atoms with Crippen LogP contribution < -0.4 is 9.47 Å². The molecule has 0 bridgehead atoms. The number of ether oxygens (including phenoxy) is 3. The monoisotopic (exact) mass is 873 g/mol. The number of amides is 1. The molecule has 1 amide bonds. The molecular formula is C51H56FN3O9. The van der Waals surface area contributed by atoms with Gasteiger partial charge in [0.2, 0.25) is 11.7 Å². The first kappa shape index (κ1) is 44.7. The van der Waals surface area contributed by atoms with E-state index in [4.69, 9.17) is 24.2 Å². The number of rotatable bonds is 21. The molecule has 3 aliphatic carbocycles. The number of carbonyl (C=O) groups excluding carboxylic acids is 1. The third-order valence-electron chi connectivity index (χ3n) is 13.0. The molecule has 6 unspecified atom stereocenters. The second kappa shape index (κ2) is 20.3. The molecule has 2 saturated carbocycles. The van der Waals surface area contributed by atoms with Crippen LogP contribution in [0.1, 0.15) is 80.4 Å². The van der Waals surface area contributed by atoms with Gasteiger partial charge < -0.3 is 34.2 Å². The van der Waals surface area contributed by atoms with Crippen molar-refractivity contribution in [3.05, 3.63) is 154 Å². The smallest absolute Gasteiger partial charge is 0.273 e. The molecule has 1 aliphatic heterocycles. The lowest BCUT2D eigenvalue weighted by Crippen LogP contribution is -2.70. The number of fused-ring (bicyclic) bond motifs is 2. The Kier molecular flexibility index (Phi) is 14.2. The Morgan fingerprint density at radius 1 is 0.938 bits per heavy atom. The Bertz CT molecular complexity index is 2340. The number of hydrogen-bond acceptors (Lipinski definition) is 10. The van der Waals surface area contributed by atoms with Gasteiger partial charge in [-0.25, -0.2) is 4.39 Å². The van der Waals surface area contributed by atoms with Crippen LogP contribution in [0.25, 0.3) is 0 Å². The number of nitro groups is 1. The van der Waals surface area contributed by atoms with E-state index in [1.54, 1.807) is 36.4 Å². The summed E-state index contributed by atoms with van der Waals surface area (Å²) in [5, 5.41) is 36.5. The number of nitro benzene ring substituents is 1. The molecule has 0 spiro atoms. The summed E-state index contributed by atoms with van der Waals surface area (Å²) in [7, 11) is 0. The van der Waals surface area contributed by atoms with Crippen LogP contribution >= 0.6 is 0 Å². The van der Waals surface area contributed by atoms with Gasteiger partial charge in [0, 0.05) is 49.6 Å². The van der Waals surface area contributed by atoms with Crippen LogP contribution in [0, 0.1) is 39.6 Å². The topological polar surface area (TPSA) is 153 Å². The lowest BCUT2D eigenvalue weighted by molar-refractivity contribution is -0.384. The Balaban J connectivity index is 1.33. The molecule has 1 heterocycles. The van der Waals surface area contributed by atoms with E-state index >= 15 is 0 Å². The van der Waals surface area contributed by atoms with Crippen LogP contribution in [0.3, 0.4) is 0 Å². The Morgan fingerprint density at radius 2 is 1.69 bits per heavy atom. The highest BCUT2D eigenvalue weighted by molar-refractivity contribution is 6.03. The van der Waals surface area contributed by atoms with E-state index in [0.29, 0.717) is 35.8 Å². The summed E-state index contributed by atoms with van der Waals surface area (Å²) in [5.41, 5.74) is 4.00. The SMILES string of the molecule is C=CCOC12Oc3ccc(Oc4cccc([N+](=O)[O-])c4)cc3C3C(CCCCO)C(CCCCO)C=C(C(=NOCc4ccccc4)CC1N(Cc1ccc(F)cc1)C(=O)C1CC1)C32. The molecule has 64 heavy (non-hydrogen) atoms. The largest absolute Gasteiger partial charge is 0.459 e. The van der Waals surface area contributed by atoms with Crippen molar-refractivity contribution in [1.82, 2.24) is 4.90 Å². The number of carbonyl (C=O) groups is 1. The van der Waals surface area contributed by atoms with Crippen molar-refractivity contribution in [2.24, 2.45) is 28.8 Å². The second-order valence-corrected chi connectivity index (χ2v) is 17.3. The lowest BCUT2D eigenvalue weighted by Gasteiger charge is -2.60. The number of oxime groups is 1. The van der Waals surface area contributed by atoms with Crippen molar-refractivity contribution in [1.29, 1.82) is 0 Å². The summed E-state index contributed by atoms with van der Waals surface area (Å²) in [6.45, 7) is 4.63. The molecule has 6 atom stereocenters. The Hall–Kier alpha value is -5.89. The maximum Gasteiger partial charge on any atom is 0.273 e. The number of aliphatic hydroxyl groups is 2. The zero-order chi connectivity index (χ0) is 44.6. The molecule has 4 aromatic carbocycles. The average molecular weight is 874 g/mol. The minimum atomic E-state index is -1.48. The molecule has 2 fully saturated rings. The first-order chi connectivity index (χ1) is 31.2. The van der Waals surface area contributed by atoms with Gasteiger partial charge >= 0.3 is 0 Å². The normalized spacial score (nSPS) is 23.8. The third kappa shape index (κ3) is 9.76. The highest BCUT2D eigenvalue weighted by atomic mass is 19.1. The van der Waals surface area contributed by atoms with Crippen LogP contribution in [0.2, 0.25) is 0 Å². The summed E-state index contributed by atoms with van der Waals surface area (Å²) in [6.07, 6.45) is 9.97. The van der Waals surface area contributed by atoms with Gasteiger partial charge in [-0.1, -0.05) is 78.7 Å². The standard InChI is InChI=1S/C51H56FN3O9/c1-2-27-61-51-47(54(50(58)36-19-20-36)32-34-17-21-38(52)22-18-34)31-45(53-62-33-35-11-4-3-5-12-35)43-28-37(13-6-8-25-56)42(16-7-9-26-57)48(49(43)51)44-30-41(23-24-46(44)64-51)63-40-15-10-14-39(29-40)55(59)60/h2-5,10-12,14-15,17-18,21-24,28-30,36-37,42,47-49,56-57H,1,6-9,13,16,19-20,25-27,31-33H2. The molecule has 0 radical (unpaired) electrons. The molecule has 8 rings (SSSR count). The summed E-state index contributed by atoms with van der Waals surface area (Å²) in [6, 6.07) is 26.8. The van der Waals surface area contributed by atoms with Crippen LogP contribution in [0.15, 0.2) is 127 Å². The quantitative estimate of drug-likeness (QED) is 0.0361. The summed E-state index contributed by atoms with van der Waals surface area (Å²) >= 11 is 0. The zero-order valence-electron chi connectivity index (χ0n) is 35.9. The summed E-state index contributed by atoms with van der Waals surface area (Å²) in [4.78, 5) is 34.1. The number of halogens is 1. The van der Waals surface area contributed by atoms with Gasteiger partial charge in [0.1, 0.15) is 35.7 Å². The predicted molar refractivity (Wildman–Crippen MR) is 239 cm³/mol. The van der Waals surface area contributed by atoms with E-state index in [2.05, 4.69) is 12.7 Å². The summed E-state index contributed by atoms with van der Waals surface area (Å²) < 4.78 is 35.1. The van der Waals surface area contributed by atoms with Gasteiger partial charge in [-0.3, -0.25) is 14.9 Å². The van der Waals surface area contributed by atoms with E-state index in [1.165, 1.54) is 24.3 Å². The van der Waals surface area contributed by atoms with Crippen molar-refractivity contribution in [3.63, 3.8) is 0 Å². The minimum absolute atomic E-state index is 0.00480. The molecule has 13 heteroatoms. The van der Waals surface area contributed by atoms with Gasteiger partial charge in [0.15, 0.2) is 0 Å². The highest BCUT2D eigenvalue weighted by Gasteiger charge is 2.66. The van der Waals surface area contributed by atoms with E-state index in [1.807, 2.05) is 47.4 Å². The lowest BCUT2D eigenvalue weighted by atomic mass is 9.55. The molecule has 0 aromatic heterocycles. The van der Waals surface area contributed by atoms with E-state index < -0.39 is 22.7 Å². The Morgan fingerprint density at radius 3 is 2.41 bits per heavy atom. The van der Waals surface area contributed by atoms with Crippen molar-refractivity contribution in [2.75, 3.05) is 19.8 Å². The number of non-ortho nitro benzene ring substituents is 1. The summed E-state index contributed by atoms with van der Waals surface area (Å²) in [5.74, 6) is -1.67. The molecule has 4 aliphatic rings. The number of unbranched alkanes of at least 4 members (excludes halogenated alkanes) is 2. The molecule has 0 saturated heterocycles. The van der Waals surface area contributed by atoms with E-state index in [9.17, 15) is 29.5 Å². The average Bonchev–Trinajstić information content (AvgIpc) is 4.16. The Labute approximate surface area is 373 Å². The fraction of sp³-hybridized carbons (Fsp3) is 0.412. The number of benzene rings is 4. The molecule has 4 aromatic rings. The fourth-order valence-electron chi connectivity index (χ4n) is 9.96. The van der Waals surface area contributed by atoms with Gasteiger partial charge in [0.05, 0.1) is 29.2 Å². The molecule has 336 valence electrons. The number of hydrogen-bond donors (Lipinski definition) is 2. The van der Waals surface area contributed by atoms with Crippen molar-refractivity contribution < 1.29 is 43.4 Å². The minimum Gasteiger partial charge on any atom is -0.459 e. The van der Waals surface area contributed by atoms with Crippen LogP contribution in [-0.4, -0.2) is 63.3 Å². The van der Waals surface area contributed by atoms with Crippen LogP contribution in [-0.2, 0) is 27.5 Å². The predicted octanol–water partition coefficient (Wildman–Crippen LogP) is 9.80. The van der Waals surface area contributed by atoms with Gasteiger partial charge in [-0.05, 0) is 103 Å². The van der Waals surface area contributed by atoms with Gasteiger partial charge in [-0.2, -0.15) is 0 Å². The fourth-order valence-corrected chi connectivity index (χ4v) is 9.96. The molecule has 2 N–H and O–H groups in total. The van der Waals surface area contributed by atoms with E-state index in [-0.39, 0.29) is 80.5 Å². The van der Waals surface area contributed by atoms with Crippen molar-refractivity contribution >= 4 is 17.3 Å². The van der Waals surface area contributed by atoms with Crippen LogP contribution in [0.5, 0.6) is 17.2 Å². The first-order valence-corrected chi connectivity index (χ1v) is 22.4. The van der Waals surface area contributed by atoms with Gasteiger partial charge in [0.25, 0.3) is 5.69 Å². The van der Waals surface area contributed by atoms with E-state index in [0.717, 1.165) is 60.8 Å².